The molecule has 138 valence electrons. The van der Waals surface area contributed by atoms with Gasteiger partial charge in [0.05, 0.1) is 22.2 Å². The van der Waals surface area contributed by atoms with Crippen molar-refractivity contribution in [2.75, 3.05) is 13.6 Å². The number of thiophene rings is 1. The Hall–Kier alpha value is -2.80. The average molecular weight is 380 g/mol. The van der Waals surface area contributed by atoms with E-state index >= 15 is 0 Å². The van der Waals surface area contributed by atoms with Crippen molar-refractivity contribution in [2.45, 2.75) is 25.8 Å². The lowest BCUT2D eigenvalue weighted by Crippen LogP contribution is -2.31. The maximum absolute atomic E-state index is 13.3. The number of carbonyl (C=O) groups excluding carboxylic acids is 2. The fourth-order valence-corrected chi connectivity index (χ4v) is 4.65. The van der Waals surface area contributed by atoms with Gasteiger partial charge >= 0.3 is 0 Å². The quantitative estimate of drug-likeness (QED) is 0.756. The molecule has 0 radical (unpaired) electrons. The largest absolute Gasteiger partial charge is 0.354 e. The van der Waals surface area contributed by atoms with Gasteiger partial charge in [-0.05, 0) is 50.1 Å². The van der Waals surface area contributed by atoms with Gasteiger partial charge in [0.2, 0.25) is 0 Å². The van der Waals surface area contributed by atoms with Crippen LogP contribution in [0.3, 0.4) is 0 Å². The van der Waals surface area contributed by atoms with Crippen molar-refractivity contribution in [3.63, 3.8) is 0 Å². The number of rotatable bonds is 3. The van der Waals surface area contributed by atoms with E-state index in [0.717, 1.165) is 23.1 Å². The molecule has 0 spiro atoms. The normalized spacial score (nSPS) is 16.7. The number of nitrogens with one attached hydrogen (secondary N) is 1. The predicted octanol–water partition coefficient (Wildman–Crippen LogP) is 3.34. The SMILES string of the molecule is CNC(=O)c1ccc(C2CCCN2C(=O)c2cc3cccnc3nc2C)s1. The lowest BCUT2D eigenvalue weighted by molar-refractivity contribution is 0.0736. The summed E-state index contributed by atoms with van der Waals surface area (Å²) in [7, 11) is 1.62. The molecule has 1 aliphatic rings. The number of hydrogen-bond acceptors (Lipinski definition) is 5. The van der Waals surface area contributed by atoms with Gasteiger partial charge in [-0.1, -0.05) is 0 Å². The number of pyridine rings is 2. The molecule has 4 heterocycles. The first-order valence-corrected chi connectivity index (χ1v) is 9.75. The van der Waals surface area contributed by atoms with Gasteiger partial charge in [-0.25, -0.2) is 9.97 Å². The number of hydrogen-bond donors (Lipinski definition) is 1. The van der Waals surface area contributed by atoms with Crippen molar-refractivity contribution in [2.24, 2.45) is 0 Å². The Morgan fingerprint density at radius 2 is 2.15 bits per heavy atom. The van der Waals surface area contributed by atoms with Crippen molar-refractivity contribution >= 4 is 34.2 Å². The highest BCUT2D eigenvalue weighted by molar-refractivity contribution is 7.14. The van der Waals surface area contributed by atoms with Gasteiger partial charge in [-0.2, -0.15) is 0 Å². The standard InChI is InChI=1S/C20H20N4O2S/c1-12-14(11-13-5-3-9-22-18(13)23-12)20(26)24-10-4-6-15(24)16-7-8-17(27-16)19(25)21-2/h3,5,7-9,11,15H,4,6,10H2,1-2H3,(H,21,25). The van der Waals surface area contributed by atoms with Crippen LogP contribution < -0.4 is 5.32 Å². The van der Waals surface area contributed by atoms with Gasteiger partial charge in [0, 0.05) is 30.1 Å². The highest BCUT2D eigenvalue weighted by Gasteiger charge is 2.32. The Balaban J connectivity index is 1.66. The van der Waals surface area contributed by atoms with Crippen LogP contribution in [0.5, 0.6) is 0 Å². The number of amides is 2. The summed E-state index contributed by atoms with van der Waals surface area (Å²) < 4.78 is 0. The molecule has 1 fully saturated rings. The first-order valence-electron chi connectivity index (χ1n) is 8.93. The number of aryl methyl sites for hydroxylation is 1. The second kappa shape index (κ2) is 7.08. The molecule has 3 aromatic rings. The van der Waals surface area contributed by atoms with Crippen LogP contribution in [0.1, 0.15) is 49.5 Å². The molecule has 0 aliphatic carbocycles. The van der Waals surface area contributed by atoms with Gasteiger partial charge in [0.25, 0.3) is 11.8 Å². The van der Waals surface area contributed by atoms with E-state index in [4.69, 9.17) is 0 Å². The maximum atomic E-state index is 13.3. The zero-order valence-electron chi connectivity index (χ0n) is 15.2. The van der Waals surface area contributed by atoms with Crippen molar-refractivity contribution in [1.82, 2.24) is 20.2 Å². The van der Waals surface area contributed by atoms with Crippen molar-refractivity contribution < 1.29 is 9.59 Å². The molecule has 7 heteroatoms. The Kier molecular flexibility index (Phi) is 4.61. The topological polar surface area (TPSA) is 75.2 Å². The Morgan fingerprint density at radius 3 is 2.96 bits per heavy atom. The van der Waals surface area contributed by atoms with E-state index in [2.05, 4.69) is 15.3 Å². The summed E-state index contributed by atoms with van der Waals surface area (Å²) in [5.74, 6) is -0.104. The lowest BCUT2D eigenvalue weighted by atomic mass is 10.1. The Morgan fingerprint density at radius 1 is 1.30 bits per heavy atom. The summed E-state index contributed by atoms with van der Waals surface area (Å²) in [5.41, 5.74) is 1.96. The molecule has 6 nitrogen and oxygen atoms in total. The summed E-state index contributed by atoms with van der Waals surface area (Å²) in [6, 6.07) is 9.44. The first kappa shape index (κ1) is 17.6. The van der Waals surface area contributed by atoms with Gasteiger partial charge in [-0.3, -0.25) is 9.59 Å². The van der Waals surface area contributed by atoms with Crippen molar-refractivity contribution in [1.29, 1.82) is 0 Å². The maximum Gasteiger partial charge on any atom is 0.261 e. The molecule has 2 amide bonds. The smallest absolute Gasteiger partial charge is 0.261 e. The zero-order valence-corrected chi connectivity index (χ0v) is 16.0. The predicted molar refractivity (Wildman–Crippen MR) is 105 cm³/mol. The number of likely N-dealkylation sites (tertiary alicyclic amines) is 1. The Labute approximate surface area is 161 Å². The van der Waals surface area contributed by atoms with E-state index in [0.29, 0.717) is 28.3 Å². The molecule has 3 aromatic heterocycles. The summed E-state index contributed by atoms with van der Waals surface area (Å²) in [6.07, 6.45) is 3.56. The molecule has 1 aliphatic heterocycles. The minimum absolute atomic E-state index is 0.00454. The van der Waals surface area contributed by atoms with Crippen LogP contribution in [0.15, 0.2) is 36.5 Å². The van der Waals surface area contributed by atoms with Gasteiger partial charge in [0.15, 0.2) is 5.65 Å². The van der Waals surface area contributed by atoms with Crippen LogP contribution in [0, 0.1) is 6.92 Å². The molecular weight excluding hydrogens is 360 g/mol. The molecule has 1 N–H and O–H groups in total. The monoisotopic (exact) mass is 380 g/mol. The third kappa shape index (κ3) is 3.19. The van der Waals surface area contributed by atoms with E-state index in [1.54, 1.807) is 13.2 Å². The van der Waals surface area contributed by atoms with Crippen LogP contribution in [-0.4, -0.2) is 40.3 Å². The van der Waals surface area contributed by atoms with E-state index in [9.17, 15) is 9.59 Å². The molecule has 0 bridgehead atoms. The average Bonchev–Trinajstić information content (AvgIpc) is 3.35. The second-order valence-corrected chi connectivity index (χ2v) is 7.72. The highest BCUT2D eigenvalue weighted by Crippen LogP contribution is 2.37. The second-order valence-electron chi connectivity index (χ2n) is 6.61. The fraction of sp³-hybridized carbons (Fsp3) is 0.300. The third-order valence-electron chi connectivity index (χ3n) is 4.93. The van der Waals surface area contributed by atoms with Crippen molar-refractivity contribution in [3.05, 3.63) is 57.5 Å². The summed E-state index contributed by atoms with van der Waals surface area (Å²) >= 11 is 1.45. The lowest BCUT2D eigenvalue weighted by Gasteiger charge is -2.24. The molecule has 0 saturated carbocycles. The first-order chi connectivity index (χ1) is 13.1. The van der Waals surface area contributed by atoms with Crippen LogP contribution in [0.25, 0.3) is 11.0 Å². The van der Waals surface area contributed by atoms with Crippen molar-refractivity contribution in [3.8, 4) is 0 Å². The van der Waals surface area contributed by atoms with Gasteiger partial charge in [-0.15, -0.1) is 11.3 Å². The van der Waals surface area contributed by atoms with E-state index in [-0.39, 0.29) is 17.9 Å². The minimum atomic E-state index is -0.0933. The molecule has 1 unspecified atom stereocenters. The van der Waals surface area contributed by atoms with Gasteiger partial charge in [0.1, 0.15) is 0 Å². The third-order valence-corrected chi connectivity index (χ3v) is 6.12. The summed E-state index contributed by atoms with van der Waals surface area (Å²) in [4.78, 5) is 37.5. The molecule has 1 saturated heterocycles. The Bertz CT molecular complexity index is 1030. The molecule has 1 atom stereocenters. The molecule has 0 aromatic carbocycles. The molecule has 27 heavy (non-hydrogen) atoms. The number of fused-ring (bicyclic) bond motifs is 1. The van der Waals surface area contributed by atoms with Crippen LogP contribution >= 0.6 is 11.3 Å². The number of aromatic nitrogens is 2. The van der Waals surface area contributed by atoms with Crippen LogP contribution in [-0.2, 0) is 0 Å². The van der Waals surface area contributed by atoms with E-state index in [1.807, 2.05) is 42.2 Å². The number of carbonyl (C=O) groups is 2. The zero-order chi connectivity index (χ0) is 19.0. The summed E-state index contributed by atoms with van der Waals surface area (Å²) in [5, 5.41) is 3.51. The highest BCUT2D eigenvalue weighted by atomic mass is 32.1. The number of nitrogens with zero attached hydrogens (tertiary/aromatic N) is 3. The van der Waals surface area contributed by atoms with Gasteiger partial charge < -0.3 is 10.2 Å². The fourth-order valence-electron chi connectivity index (χ4n) is 3.55. The van der Waals surface area contributed by atoms with E-state index < -0.39 is 0 Å². The van der Waals surface area contributed by atoms with Crippen LogP contribution in [0.4, 0.5) is 0 Å². The minimum Gasteiger partial charge on any atom is -0.354 e. The summed E-state index contributed by atoms with van der Waals surface area (Å²) in [6.45, 7) is 2.56. The van der Waals surface area contributed by atoms with E-state index in [1.165, 1.54) is 11.3 Å². The molecule has 4 rings (SSSR count). The molecular formula is C20H20N4O2S. The van der Waals surface area contributed by atoms with Crippen LogP contribution in [0.2, 0.25) is 0 Å².